The van der Waals surface area contributed by atoms with Crippen LogP contribution in [-0.2, 0) is 0 Å². The zero-order valence-corrected chi connectivity index (χ0v) is 13.8. The highest BCUT2D eigenvalue weighted by Crippen LogP contribution is 2.32. The number of carbonyl (C=O) groups excluding carboxylic acids is 1. The molecule has 0 unspecified atom stereocenters. The Kier molecular flexibility index (Phi) is 4.28. The molecule has 7 heteroatoms. The lowest BCUT2D eigenvalue weighted by Gasteiger charge is -2.03. The van der Waals surface area contributed by atoms with Crippen molar-refractivity contribution in [3.05, 3.63) is 69.3 Å². The van der Waals surface area contributed by atoms with Gasteiger partial charge in [0, 0.05) is 10.6 Å². The van der Waals surface area contributed by atoms with Crippen LogP contribution in [0.4, 0.5) is 8.78 Å². The Hall–Kier alpha value is -2.05. The van der Waals surface area contributed by atoms with Gasteiger partial charge in [0.1, 0.15) is 21.9 Å². The fourth-order valence-electron chi connectivity index (χ4n) is 2.15. The molecule has 0 atom stereocenters. The highest BCUT2D eigenvalue weighted by atomic mass is 79.9. The van der Waals surface area contributed by atoms with E-state index < -0.39 is 11.6 Å². The summed E-state index contributed by atoms with van der Waals surface area (Å²) < 4.78 is 29.2. The topological polar surface area (TPSA) is 34.9 Å². The van der Waals surface area contributed by atoms with Gasteiger partial charge in [-0.05, 0) is 58.4 Å². The summed E-state index contributed by atoms with van der Waals surface area (Å²) in [7, 11) is 0. The summed E-state index contributed by atoms with van der Waals surface area (Å²) in [5.41, 5.74) is 0.719. The lowest BCUT2D eigenvalue weighted by Crippen LogP contribution is -1.97. The summed E-state index contributed by atoms with van der Waals surface area (Å²) in [6.45, 7) is 0. The minimum absolute atomic E-state index is 0.0545. The summed E-state index contributed by atoms with van der Waals surface area (Å²) in [5, 5.41) is 4.79. The van der Waals surface area contributed by atoms with Gasteiger partial charge in [-0.1, -0.05) is 11.6 Å². The van der Waals surface area contributed by atoms with Crippen molar-refractivity contribution in [2.45, 2.75) is 0 Å². The van der Waals surface area contributed by atoms with E-state index in [2.05, 4.69) is 21.0 Å². The van der Waals surface area contributed by atoms with Gasteiger partial charge in [-0.15, -0.1) is 0 Å². The minimum atomic E-state index is -0.664. The van der Waals surface area contributed by atoms with E-state index in [1.54, 1.807) is 24.3 Å². The number of halogens is 4. The Morgan fingerprint density at radius 2 is 1.83 bits per heavy atom. The van der Waals surface area contributed by atoms with Crippen LogP contribution in [0.25, 0.3) is 16.9 Å². The van der Waals surface area contributed by atoms with Crippen molar-refractivity contribution < 1.29 is 13.6 Å². The first-order chi connectivity index (χ1) is 11.0. The molecular formula is C16H8BrClF2N2O. The number of benzene rings is 2. The molecule has 1 aromatic heterocycles. The van der Waals surface area contributed by atoms with Crippen molar-refractivity contribution >= 4 is 33.8 Å². The first kappa shape index (κ1) is 15.8. The zero-order chi connectivity index (χ0) is 16.6. The molecule has 1 heterocycles. The van der Waals surface area contributed by atoms with Crippen LogP contribution in [0, 0.1) is 11.6 Å². The summed E-state index contributed by atoms with van der Waals surface area (Å²) in [5.74, 6) is -1.28. The van der Waals surface area contributed by atoms with Crippen molar-refractivity contribution in [1.29, 1.82) is 0 Å². The highest BCUT2D eigenvalue weighted by Gasteiger charge is 2.20. The van der Waals surface area contributed by atoms with Crippen LogP contribution < -0.4 is 0 Å². The molecule has 3 aromatic rings. The van der Waals surface area contributed by atoms with E-state index in [-0.39, 0.29) is 16.8 Å². The van der Waals surface area contributed by atoms with Crippen molar-refractivity contribution in [2.24, 2.45) is 0 Å². The molecule has 116 valence electrons. The molecule has 0 spiro atoms. The quantitative estimate of drug-likeness (QED) is 0.580. The van der Waals surface area contributed by atoms with Crippen LogP contribution >= 0.6 is 27.5 Å². The Morgan fingerprint density at radius 1 is 1.13 bits per heavy atom. The SMILES string of the molecule is O=Cc1c(-c2cc(F)ccc2F)nn(-c2ccc(Cl)cc2)c1Br. The molecule has 0 radical (unpaired) electrons. The highest BCUT2D eigenvalue weighted by molar-refractivity contribution is 9.10. The number of hydrogen-bond acceptors (Lipinski definition) is 2. The molecule has 0 aliphatic rings. The van der Waals surface area contributed by atoms with Gasteiger partial charge in [-0.25, -0.2) is 13.5 Å². The molecule has 0 saturated heterocycles. The lowest BCUT2D eigenvalue weighted by molar-refractivity contribution is 0.112. The van der Waals surface area contributed by atoms with Crippen LogP contribution in [0.1, 0.15) is 10.4 Å². The number of aromatic nitrogens is 2. The Bertz CT molecular complexity index is 894. The predicted molar refractivity (Wildman–Crippen MR) is 87.0 cm³/mol. The van der Waals surface area contributed by atoms with Gasteiger partial charge in [0.2, 0.25) is 0 Å². The van der Waals surface area contributed by atoms with E-state index in [9.17, 15) is 13.6 Å². The molecule has 0 fully saturated rings. The van der Waals surface area contributed by atoms with Crippen LogP contribution in [0.3, 0.4) is 0 Å². The molecule has 0 N–H and O–H groups in total. The molecule has 0 aliphatic carbocycles. The molecule has 3 rings (SSSR count). The van der Waals surface area contributed by atoms with E-state index in [4.69, 9.17) is 11.6 Å². The van der Waals surface area contributed by atoms with Gasteiger partial charge in [0.15, 0.2) is 6.29 Å². The van der Waals surface area contributed by atoms with Crippen LogP contribution in [0.2, 0.25) is 5.02 Å². The van der Waals surface area contributed by atoms with Crippen molar-refractivity contribution in [3.8, 4) is 16.9 Å². The van der Waals surface area contributed by atoms with Gasteiger partial charge in [-0.3, -0.25) is 4.79 Å². The molecule has 0 amide bonds. The molecule has 2 aromatic carbocycles. The number of hydrogen-bond donors (Lipinski definition) is 0. The third kappa shape index (κ3) is 2.92. The lowest BCUT2D eigenvalue weighted by atomic mass is 10.1. The predicted octanol–water partition coefficient (Wildman–Crippen LogP) is 5.05. The monoisotopic (exact) mass is 396 g/mol. The number of nitrogens with zero attached hydrogens (tertiary/aromatic N) is 2. The first-order valence-corrected chi connectivity index (χ1v) is 7.63. The summed E-state index contributed by atoms with van der Waals surface area (Å²) in [6, 6.07) is 9.71. The van der Waals surface area contributed by atoms with Gasteiger partial charge >= 0.3 is 0 Å². The smallest absolute Gasteiger partial charge is 0.155 e. The van der Waals surface area contributed by atoms with Gasteiger partial charge < -0.3 is 0 Å². The third-order valence-electron chi connectivity index (χ3n) is 3.24. The van der Waals surface area contributed by atoms with Gasteiger partial charge in [-0.2, -0.15) is 5.10 Å². The first-order valence-electron chi connectivity index (χ1n) is 6.46. The maximum absolute atomic E-state index is 14.0. The average molecular weight is 398 g/mol. The third-order valence-corrected chi connectivity index (χ3v) is 4.25. The Balaban J connectivity index is 2.23. The molecule has 0 saturated carbocycles. The van der Waals surface area contributed by atoms with Crippen LogP contribution in [0.5, 0.6) is 0 Å². The second kappa shape index (κ2) is 6.22. The van der Waals surface area contributed by atoms with Crippen molar-refractivity contribution in [1.82, 2.24) is 9.78 Å². The van der Waals surface area contributed by atoms with E-state index in [0.717, 1.165) is 18.2 Å². The largest absolute Gasteiger partial charge is 0.298 e. The Labute approximate surface area is 143 Å². The second-order valence-electron chi connectivity index (χ2n) is 4.68. The van der Waals surface area contributed by atoms with E-state index in [0.29, 0.717) is 21.6 Å². The van der Waals surface area contributed by atoms with Gasteiger partial charge in [0.25, 0.3) is 0 Å². The molecular weight excluding hydrogens is 390 g/mol. The van der Waals surface area contributed by atoms with Crippen LogP contribution in [0.15, 0.2) is 47.1 Å². The fourth-order valence-corrected chi connectivity index (χ4v) is 2.84. The zero-order valence-electron chi connectivity index (χ0n) is 11.4. The standard InChI is InChI=1S/C16H8BrClF2N2O/c17-16-13(8-23)15(12-7-10(19)3-6-14(12)20)21-22(16)11-4-1-9(18)2-5-11/h1-8H. The molecule has 23 heavy (non-hydrogen) atoms. The number of carbonyl (C=O) groups is 1. The van der Waals surface area contributed by atoms with E-state index in [1.807, 2.05) is 0 Å². The average Bonchev–Trinajstić information content (AvgIpc) is 2.87. The summed E-state index contributed by atoms with van der Waals surface area (Å²) in [6.07, 6.45) is 0.545. The van der Waals surface area contributed by atoms with E-state index in [1.165, 1.54) is 4.68 Å². The molecule has 0 bridgehead atoms. The molecule has 0 aliphatic heterocycles. The summed E-state index contributed by atoms with van der Waals surface area (Å²) >= 11 is 9.13. The van der Waals surface area contributed by atoms with Crippen molar-refractivity contribution in [2.75, 3.05) is 0 Å². The Morgan fingerprint density at radius 3 is 2.48 bits per heavy atom. The maximum atomic E-state index is 14.0. The van der Waals surface area contributed by atoms with E-state index >= 15 is 0 Å². The van der Waals surface area contributed by atoms with Gasteiger partial charge in [0.05, 0.1) is 11.3 Å². The maximum Gasteiger partial charge on any atom is 0.155 e. The van der Waals surface area contributed by atoms with Crippen LogP contribution in [-0.4, -0.2) is 16.1 Å². The minimum Gasteiger partial charge on any atom is -0.298 e. The molecule has 3 nitrogen and oxygen atoms in total. The number of rotatable bonds is 3. The fraction of sp³-hybridized carbons (Fsp3) is 0. The normalized spacial score (nSPS) is 10.8. The summed E-state index contributed by atoms with van der Waals surface area (Å²) in [4.78, 5) is 11.4. The number of aldehydes is 1. The van der Waals surface area contributed by atoms with Crippen molar-refractivity contribution in [3.63, 3.8) is 0 Å². The second-order valence-corrected chi connectivity index (χ2v) is 5.87.